The average molecular weight is 321 g/mol. The molecule has 120 valence electrons. The highest BCUT2D eigenvalue weighted by Gasteiger charge is 2.17. The molecule has 0 aliphatic rings. The first-order valence-corrected chi connectivity index (χ1v) is 7.43. The van der Waals surface area contributed by atoms with Crippen LogP contribution in [-0.2, 0) is 7.05 Å². The Bertz CT molecular complexity index is 1090. The van der Waals surface area contributed by atoms with Crippen LogP contribution in [0.1, 0.15) is 5.69 Å². The van der Waals surface area contributed by atoms with Crippen molar-refractivity contribution in [3.8, 4) is 22.7 Å². The molecule has 0 bridgehead atoms. The van der Waals surface area contributed by atoms with Crippen LogP contribution < -0.4 is 5.43 Å². The van der Waals surface area contributed by atoms with Gasteiger partial charge in [-0.05, 0) is 19.1 Å². The van der Waals surface area contributed by atoms with Crippen molar-refractivity contribution in [2.24, 2.45) is 7.05 Å². The van der Waals surface area contributed by atoms with Crippen LogP contribution in [0.4, 0.5) is 0 Å². The molecule has 4 rings (SSSR count). The molecule has 7 nitrogen and oxygen atoms in total. The van der Waals surface area contributed by atoms with E-state index >= 15 is 0 Å². The fourth-order valence-corrected chi connectivity index (χ4v) is 2.90. The number of aromatic nitrogens is 5. The molecular weight excluding hydrogens is 306 g/mol. The normalized spacial score (nSPS) is 11.2. The fraction of sp³-hybridized carbons (Fsp3) is 0.118. The van der Waals surface area contributed by atoms with Gasteiger partial charge < -0.3 is 14.7 Å². The molecule has 7 heteroatoms. The number of hydrogen-bond acceptors (Lipinski definition) is 4. The SMILES string of the molecule is Cc1nn(C)c2[nH]c(-c3ccc(-n4ccnc4)cc3)c(O)c(=O)c12. The topological polar surface area (TPSA) is 88.7 Å². The molecule has 0 aliphatic carbocycles. The van der Waals surface area contributed by atoms with Gasteiger partial charge >= 0.3 is 0 Å². The zero-order chi connectivity index (χ0) is 16.8. The molecule has 24 heavy (non-hydrogen) atoms. The minimum atomic E-state index is -0.414. The van der Waals surface area contributed by atoms with E-state index in [0.29, 0.717) is 28.0 Å². The molecule has 0 radical (unpaired) electrons. The van der Waals surface area contributed by atoms with Gasteiger partial charge in [-0.1, -0.05) is 12.1 Å². The van der Waals surface area contributed by atoms with E-state index in [0.717, 1.165) is 5.69 Å². The lowest BCUT2D eigenvalue weighted by Gasteiger charge is -2.08. The van der Waals surface area contributed by atoms with Crippen molar-refractivity contribution >= 4 is 11.0 Å². The second-order valence-electron chi connectivity index (χ2n) is 5.63. The van der Waals surface area contributed by atoms with Crippen molar-refractivity contribution in [3.05, 3.63) is 58.9 Å². The summed E-state index contributed by atoms with van der Waals surface area (Å²) in [6.45, 7) is 1.75. The van der Waals surface area contributed by atoms with Crippen molar-refractivity contribution in [3.63, 3.8) is 0 Å². The van der Waals surface area contributed by atoms with Crippen molar-refractivity contribution in [1.82, 2.24) is 24.3 Å². The predicted molar refractivity (Wildman–Crippen MR) is 90.3 cm³/mol. The minimum absolute atomic E-state index is 0.297. The number of fused-ring (bicyclic) bond motifs is 1. The number of rotatable bonds is 2. The lowest BCUT2D eigenvalue weighted by atomic mass is 10.1. The molecule has 4 aromatic rings. The van der Waals surface area contributed by atoms with E-state index < -0.39 is 5.43 Å². The highest BCUT2D eigenvalue weighted by Crippen LogP contribution is 2.28. The third-order valence-electron chi connectivity index (χ3n) is 4.10. The number of aromatic hydroxyl groups is 1. The number of imidazole rings is 1. The van der Waals surface area contributed by atoms with Crippen molar-refractivity contribution < 1.29 is 5.11 Å². The van der Waals surface area contributed by atoms with Crippen LogP contribution in [0.5, 0.6) is 5.75 Å². The summed E-state index contributed by atoms with van der Waals surface area (Å²) in [7, 11) is 1.76. The van der Waals surface area contributed by atoms with Gasteiger partial charge in [-0.3, -0.25) is 9.48 Å². The second-order valence-corrected chi connectivity index (χ2v) is 5.63. The van der Waals surface area contributed by atoms with Gasteiger partial charge in [0.1, 0.15) is 5.65 Å². The van der Waals surface area contributed by atoms with Gasteiger partial charge in [-0.25, -0.2) is 4.98 Å². The van der Waals surface area contributed by atoms with Crippen LogP contribution in [0.25, 0.3) is 28.0 Å². The van der Waals surface area contributed by atoms with Crippen LogP contribution in [-0.4, -0.2) is 29.4 Å². The largest absolute Gasteiger partial charge is 0.503 e. The van der Waals surface area contributed by atoms with Crippen LogP contribution in [0.15, 0.2) is 47.8 Å². The lowest BCUT2D eigenvalue weighted by molar-refractivity contribution is 0.471. The first kappa shape index (κ1) is 14.3. The number of pyridine rings is 1. The lowest BCUT2D eigenvalue weighted by Crippen LogP contribution is -2.06. The number of H-pyrrole nitrogens is 1. The molecule has 0 fully saturated rings. The first-order valence-electron chi connectivity index (χ1n) is 7.43. The summed E-state index contributed by atoms with van der Waals surface area (Å²) in [5.74, 6) is -0.297. The monoisotopic (exact) mass is 321 g/mol. The highest BCUT2D eigenvalue weighted by atomic mass is 16.3. The Labute approximate surface area is 136 Å². The number of nitrogens with one attached hydrogen (secondary N) is 1. The third kappa shape index (κ3) is 2.02. The fourth-order valence-electron chi connectivity index (χ4n) is 2.90. The van der Waals surface area contributed by atoms with E-state index in [9.17, 15) is 9.90 Å². The summed E-state index contributed by atoms with van der Waals surface area (Å²) >= 11 is 0. The Morgan fingerprint density at radius 3 is 2.62 bits per heavy atom. The molecule has 0 atom stereocenters. The maximum Gasteiger partial charge on any atom is 0.235 e. The van der Waals surface area contributed by atoms with Crippen molar-refractivity contribution in [2.75, 3.05) is 0 Å². The Kier molecular flexibility index (Phi) is 3.02. The van der Waals surface area contributed by atoms with Gasteiger partial charge in [-0.2, -0.15) is 5.10 Å². The molecule has 2 N–H and O–H groups in total. The summed E-state index contributed by atoms with van der Waals surface area (Å²) in [5.41, 5.74) is 2.80. The van der Waals surface area contributed by atoms with E-state index in [1.54, 1.807) is 31.2 Å². The first-order chi connectivity index (χ1) is 11.6. The van der Waals surface area contributed by atoms with Gasteiger partial charge in [-0.15, -0.1) is 0 Å². The van der Waals surface area contributed by atoms with Crippen LogP contribution >= 0.6 is 0 Å². The molecule has 0 saturated heterocycles. The third-order valence-corrected chi connectivity index (χ3v) is 4.10. The summed E-state index contributed by atoms with van der Waals surface area (Å²) in [4.78, 5) is 19.6. The summed E-state index contributed by atoms with van der Waals surface area (Å²) in [6.07, 6.45) is 5.26. The number of benzene rings is 1. The second kappa shape index (κ2) is 5.09. The van der Waals surface area contributed by atoms with Crippen molar-refractivity contribution in [1.29, 1.82) is 0 Å². The van der Waals surface area contributed by atoms with E-state index in [2.05, 4.69) is 15.1 Å². The molecule has 0 saturated carbocycles. The molecule has 0 amide bonds. The average Bonchev–Trinajstić information content (AvgIpc) is 3.20. The summed E-state index contributed by atoms with van der Waals surface area (Å²) in [6, 6.07) is 7.48. The van der Waals surface area contributed by atoms with Gasteiger partial charge in [0.25, 0.3) is 0 Å². The summed E-state index contributed by atoms with van der Waals surface area (Å²) < 4.78 is 3.48. The smallest absolute Gasteiger partial charge is 0.235 e. The molecular formula is C17H15N5O2. The van der Waals surface area contributed by atoms with Crippen LogP contribution in [0.3, 0.4) is 0 Å². The Balaban J connectivity index is 1.89. The number of aromatic amines is 1. The molecule has 0 spiro atoms. The van der Waals surface area contributed by atoms with E-state index in [1.165, 1.54) is 0 Å². The Hall–Kier alpha value is -3.35. The number of aryl methyl sites for hydroxylation is 2. The predicted octanol–water partition coefficient (Wildman–Crippen LogP) is 2.13. The van der Waals surface area contributed by atoms with E-state index in [4.69, 9.17) is 0 Å². The maximum absolute atomic E-state index is 12.5. The standard InChI is InChI=1S/C17H15N5O2/c1-10-13-15(23)16(24)14(19-17(13)21(2)20-10)11-3-5-12(6-4-11)22-8-7-18-9-22/h3-9,24H,1-2H3,(H,19,23). The molecule has 0 aliphatic heterocycles. The van der Waals surface area contributed by atoms with Crippen LogP contribution in [0, 0.1) is 6.92 Å². The number of nitrogens with zero attached hydrogens (tertiary/aromatic N) is 4. The zero-order valence-electron chi connectivity index (χ0n) is 13.2. The van der Waals surface area contributed by atoms with E-state index in [1.807, 2.05) is 35.0 Å². The maximum atomic E-state index is 12.5. The van der Waals surface area contributed by atoms with Gasteiger partial charge in [0, 0.05) is 30.7 Å². The highest BCUT2D eigenvalue weighted by molar-refractivity contribution is 5.84. The molecule has 3 aromatic heterocycles. The van der Waals surface area contributed by atoms with Gasteiger partial charge in [0.05, 0.1) is 23.1 Å². The van der Waals surface area contributed by atoms with Crippen molar-refractivity contribution in [2.45, 2.75) is 6.92 Å². The molecule has 1 aromatic carbocycles. The van der Waals surface area contributed by atoms with Crippen LogP contribution in [0.2, 0.25) is 0 Å². The van der Waals surface area contributed by atoms with E-state index in [-0.39, 0.29) is 5.75 Å². The summed E-state index contributed by atoms with van der Waals surface area (Å²) in [5, 5.41) is 15.0. The Morgan fingerprint density at radius 1 is 1.21 bits per heavy atom. The van der Waals surface area contributed by atoms with Gasteiger partial charge in [0.15, 0.2) is 5.75 Å². The molecule has 3 heterocycles. The Morgan fingerprint density at radius 2 is 1.96 bits per heavy atom. The minimum Gasteiger partial charge on any atom is -0.503 e. The van der Waals surface area contributed by atoms with Gasteiger partial charge in [0.2, 0.25) is 5.43 Å². The molecule has 0 unspecified atom stereocenters. The number of hydrogen-bond donors (Lipinski definition) is 2. The quantitative estimate of drug-likeness (QED) is 0.592. The zero-order valence-corrected chi connectivity index (χ0v) is 13.2.